The van der Waals surface area contributed by atoms with Crippen LogP contribution in [0.5, 0.6) is 0 Å². The molecule has 0 saturated carbocycles. The Kier molecular flexibility index (Phi) is 28.8. The zero-order valence-electron chi connectivity index (χ0n) is 68.1. The number of aromatic amines is 2. The van der Waals surface area contributed by atoms with E-state index in [-0.39, 0.29) is 49.6 Å². The van der Waals surface area contributed by atoms with Crippen molar-refractivity contribution in [1.82, 2.24) is 38.2 Å². The number of H-pyrrole nitrogens is 2. The summed E-state index contributed by atoms with van der Waals surface area (Å²) in [6.07, 6.45) is 13.4. The largest absolute Gasteiger partial charge is 0.361 e. The van der Waals surface area contributed by atoms with E-state index in [2.05, 4.69) is 295 Å². The highest BCUT2D eigenvalue weighted by Crippen LogP contribution is 2.36. The van der Waals surface area contributed by atoms with Crippen LogP contribution in [-0.4, -0.2) is 56.1 Å². The van der Waals surface area contributed by atoms with E-state index >= 15 is 0 Å². The summed E-state index contributed by atoms with van der Waals surface area (Å²) in [4.78, 5) is 40.2. The number of aromatic nitrogens is 8. The average molecular weight is 1600 g/mol. The molecule has 13 aromatic rings. The topological polar surface area (TPSA) is 114 Å². The Morgan fingerprint density at radius 2 is 0.917 bits per heavy atom. The van der Waals surface area contributed by atoms with Gasteiger partial charge in [0.15, 0.2) is 5.78 Å². The second-order valence-electron chi connectivity index (χ2n) is 35.3. The van der Waals surface area contributed by atoms with Crippen LogP contribution in [-0.2, 0) is 56.0 Å². The number of halogens is 6. The molecule has 0 saturated heterocycles. The molecule has 7 aromatic heterocycles. The van der Waals surface area contributed by atoms with Crippen LogP contribution in [0.15, 0.2) is 188 Å². The number of aryl methyl sites for hydroxylation is 1. The van der Waals surface area contributed by atoms with Gasteiger partial charge >= 0.3 is 5.69 Å². The predicted octanol–water partition coefficient (Wildman–Crippen LogP) is 27.5. The van der Waals surface area contributed by atoms with Gasteiger partial charge in [0.1, 0.15) is 4.34 Å². The molecule has 0 fully saturated rings. The zero-order valence-corrected chi connectivity index (χ0v) is 73.4. The van der Waals surface area contributed by atoms with Crippen LogP contribution in [0.3, 0.4) is 0 Å². The van der Waals surface area contributed by atoms with E-state index < -0.39 is 0 Å². The molecule has 1 aliphatic rings. The zero-order chi connectivity index (χ0) is 80.6. The summed E-state index contributed by atoms with van der Waals surface area (Å²) in [6.45, 7) is 54.3. The van der Waals surface area contributed by atoms with Gasteiger partial charge in [-0.05, 0) is 217 Å². The maximum absolute atomic E-state index is 11.7. The first-order valence-corrected chi connectivity index (χ1v) is 39.9. The van der Waals surface area contributed by atoms with Crippen LogP contribution in [0.4, 0.5) is 5.69 Å². The van der Waals surface area contributed by atoms with E-state index in [1.165, 1.54) is 38.6 Å². The monoisotopic (exact) mass is 1590 g/mol. The Morgan fingerprint density at radius 3 is 1.39 bits per heavy atom. The van der Waals surface area contributed by atoms with Gasteiger partial charge in [-0.1, -0.05) is 206 Å². The van der Waals surface area contributed by atoms with E-state index in [1.807, 2.05) is 87.5 Å². The number of ketones is 1. The Morgan fingerprint density at radius 1 is 0.444 bits per heavy atom. The molecule has 108 heavy (non-hydrogen) atoms. The molecule has 0 aliphatic carbocycles. The molecule has 0 amide bonds. The molecule has 14 rings (SSSR count). The van der Waals surface area contributed by atoms with Crippen molar-refractivity contribution in [3.63, 3.8) is 0 Å². The molecular weight excluding hydrogens is 1480 g/mol. The summed E-state index contributed by atoms with van der Waals surface area (Å²) in [6, 6.07) is 48.9. The second kappa shape index (κ2) is 35.4. The van der Waals surface area contributed by atoms with Crippen molar-refractivity contribution in [2.75, 3.05) is 11.4 Å². The van der Waals surface area contributed by atoms with Gasteiger partial charge in [0.25, 0.3) is 0 Å². The lowest BCUT2D eigenvalue weighted by Gasteiger charge is -2.40. The van der Waals surface area contributed by atoms with Crippen LogP contribution < -0.4 is 10.6 Å². The van der Waals surface area contributed by atoms with E-state index in [1.54, 1.807) is 28.3 Å². The third kappa shape index (κ3) is 23.4. The third-order valence-corrected chi connectivity index (χ3v) is 21.2. The van der Waals surface area contributed by atoms with Crippen molar-refractivity contribution >= 4 is 147 Å². The lowest BCUT2D eigenvalue weighted by Crippen LogP contribution is -2.47. The predicted molar refractivity (Wildman–Crippen MR) is 471 cm³/mol. The minimum atomic E-state index is -0.184. The first-order valence-electron chi connectivity index (χ1n) is 36.8. The molecule has 6 aromatic carbocycles. The number of imidazole rings is 1. The number of hydrogen-bond donors (Lipinski definition) is 2. The summed E-state index contributed by atoms with van der Waals surface area (Å²) in [7, 11) is 0. The average Bonchev–Trinajstić information content (AvgIpc) is 1.62. The molecule has 18 heteroatoms. The van der Waals surface area contributed by atoms with E-state index in [0.29, 0.717) is 38.8 Å². The van der Waals surface area contributed by atoms with Gasteiger partial charge in [0.05, 0.1) is 64.9 Å². The molecule has 0 atom stereocenters. The van der Waals surface area contributed by atoms with Gasteiger partial charge in [0, 0.05) is 115 Å². The number of pyridine rings is 1. The smallest absolute Gasteiger partial charge is 0.326 e. The van der Waals surface area contributed by atoms with Gasteiger partial charge in [-0.15, -0.1) is 11.3 Å². The summed E-state index contributed by atoms with van der Waals surface area (Å²) in [5, 5.41) is 9.20. The van der Waals surface area contributed by atoms with Gasteiger partial charge in [-0.25, -0.2) is 9.78 Å². The van der Waals surface area contributed by atoms with Crippen molar-refractivity contribution in [2.24, 2.45) is 0 Å². The number of carbonyl (C=O) groups excluding carboxylic acids is 1. The minimum absolute atomic E-state index is 0.00613. The molecule has 11 nitrogen and oxygen atoms in total. The highest BCUT2D eigenvalue weighted by molar-refractivity contribution is 7.15. The van der Waals surface area contributed by atoms with Crippen LogP contribution in [0.1, 0.15) is 200 Å². The third-order valence-electron chi connectivity index (χ3n) is 17.9. The maximum Gasteiger partial charge on any atom is 0.326 e. The van der Waals surface area contributed by atoms with Crippen molar-refractivity contribution < 1.29 is 4.79 Å². The molecule has 8 heterocycles. The van der Waals surface area contributed by atoms with Crippen LogP contribution in [0.25, 0.3) is 54.6 Å². The maximum atomic E-state index is 11.7. The highest BCUT2D eigenvalue weighted by Gasteiger charge is 2.30. The number of benzene rings is 6. The molecule has 578 valence electrons. The number of hydrogen-bond acceptors (Lipinski definition) is 6. The fraction of sp³-hybridized carbons (Fsp3) is 0.400. The van der Waals surface area contributed by atoms with E-state index in [4.69, 9.17) is 69.6 Å². The summed E-state index contributed by atoms with van der Waals surface area (Å²) >= 11 is 37.2. The molecule has 2 N–H and O–H groups in total. The lowest BCUT2D eigenvalue weighted by atomic mass is 9.87. The Bertz CT molecular complexity index is 5040. The summed E-state index contributed by atoms with van der Waals surface area (Å²) < 4.78 is 9.25. The number of carbonyl (C=O) groups is 1. The second-order valence-corrected chi connectivity index (χ2v) is 39.0. The normalized spacial score (nSPS) is 12.8. The number of anilines is 1. The number of thiazole rings is 1. The molecule has 0 spiro atoms. The lowest BCUT2D eigenvalue weighted by molar-refractivity contribution is -0.117. The Hall–Kier alpha value is -7.26. The van der Waals surface area contributed by atoms with Crippen LogP contribution in [0.2, 0.25) is 29.4 Å². The number of rotatable bonds is 1. The van der Waals surface area contributed by atoms with Crippen molar-refractivity contribution in [2.45, 2.75) is 230 Å². The molecule has 0 radical (unpaired) electrons. The van der Waals surface area contributed by atoms with Crippen molar-refractivity contribution in [1.29, 1.82) is 0 Å². The number of fused-ring (bicyclic) bond motifs is 6. The first-order chi connectivity index (χ1) is 49.9. The Balaban J connectivity index is 0.000000172. The minimum Gasteiger partial charge on any atom is -0.361 e. The highest BCUT2D eigenvalue weighted by atomic mass is 35.5. The molecule has 1 aliphatic heterocycles. The van der Waals surface area contributed by atoms with Crippen molar-refractivity contribution in [3.8, 4) is 0 Å². The fourth-order valence-corrected chi connectivity index (χ4v) is 14.2. The van der Waals surface area contributed by atoms with E-state index in [9.17, 15) is 9.59 Å². The van der Waals surface area contributed by atoms with Gasteiger partial charge in [-0.3, -0.25) is 14.3 Å². The Labute approximate surface area is 676 Å². The van der Waals surface area contributed by atoms with Crippen molar-refractivity contribution in [3.05, 3.63) is 250 Å². The van der Waals surface area contributed by atoms with E-state index in [0.717, 1.165) is 64.9 Å². The SMILES string of the molecule is CC(C)(C)N1CC(=O)Cc2ccccc21.CC(C)(C)c1c[nH]c2ccccc12.CC(C)(C)c1ncc(Cl)s1.CC(C)(C)n1c(=O)[nH]c2ccccc21.CC(C)(C)n1ccc2cc(Cl)c(Cl)cc21.CC(C)(C)n1ccc2cc(Cl)c(Cl)cc21.CC(C)(C)n1ccc2ccccc21.CCc1cc(C(C)(C)C)ncc1Cl. The number of nitrogens with zero attached hydrogens (tertiary/aromatic N) is 7. The number of Topliss-reactive ketones (excluding diaryl/α,β-unsaturated/α-hetero) is 1. The summed E-state index contributed by atoms with van der Waals surface area (Å²) in [5.74, 6) is 0.309. The first kappa shape index (κ1) is 88.0. The van der Waals surface area contributed by atoms with Gasteiger partial charge < -0.3 is 28.6 Å². The number of nitrogens with one attached hydrogen (secondary N) is 2. The molecule has 0 bridgehead atoms. The standard InChI is InChI=1S/C13H17NO.2C12H13Cl2N.2C12H15N.C11H16ClN.C11H14N2O.C7H10ClNS/c1-13(2,3)14-9-11(15)8-10-6-4-5-7-12(10)14;2*1-12(2,3)15-5-4-8-6-9(13)10(14)7-11(8)15;1-12(2,3)13-9-8-10-6-4-5-7-11(10)13;1-12(2,3)10-8-13-11-7-5-4-6-9(10)11;1-5-8-6-10(11(2,3)4)13-7-9(8)12;1-11(2,3)13-9-7-5-4-6-8(9)12-10(13)14;1-7(2,3)6-9-4-5(8)10-6/h4-7H,8-9H2,1-3H3;2*4-7H,1-3H3;4-9H,1-3H3;4-8,13H,1-3H3;6-7H,5H2,1-4H3;4-7H,1-3H3,(H,12,14);4H,1-3H3. The fourth-order valence-electron chi connectivity index (χ4n) is 12.3. The number of para-hydroxylation sites is 5. The van der Waals surface area contributed by atoms with Crippen LogP contribution >= 0.6 is 80.9 Å². The summed E-state index contributed by atoms with van der Waals surface area (Å²) in [5.41, 5.74) is 13.2. The molecular formula is C90H113Cl6N9O2S. The van der Waals surface area contributed by atoms with Gasteiger partial charge in [0.2, 0.25) is 0 Å². The van der Waals surface area contributed by atoms with Crippen LogP contribution in [0, 0.1) is 0 Å². The van der Waals surface area contributed by atoms with Gasteiger partial charge in [-0.2, -0.15) is 0 Å². The molecule has 0 unspecified atom stereocenters. The quantitative estimate of drug-likeness (QED) is 0.170.